The van der Waals surface area contributed by atoms with E-state index in [-0.39, 0.29) is 18.2 Å². The first-order valence-corrected chi connectivity index (χ1v) is 8.80. The molecule has 25 heavy (non-hydrogen) atoms. The molecule has 0 atom stereocenters. The number of amides is 1. The minimum absolute atomic E-state index is 0.147. The van der Waals surface area contributed by atoms with E-state index in [2.05, 4.69) is 5.32 Å². The second-order valence-corrected chi connectivity index (χ2v) is 7.09. The molecular formula is C18H14ClN3O2S. The van der Waals surface area contributed by atoms with Crippen LogP contribution in [0.4, 0.5) is 11.4 Å². The number of benzene rings is 2. The van der Waals surface area contributed by atoms with Gasteiger partial charge in [-0.2, -0.15) is 0 Å². The molecule has 4 rings (SSSR count). The van der Waals surface area contributed by atoms with Crippen molar-refractivity contribution < 1.29 is 9.53 Å². The molecule has 2 aromatic rings. The van der Waals surface area contributed by atoms with Crippen LogP contribution in [0.5, 0.6) is 5.75 Å². The number of rotatable bonds is 2. The van der Waals surface area contributed by atoms with Gasteiger partial charge >= 0.3 is 0 Å². The number of amidine groups is 1. The zero-order valence-corrected chi connectivity index (χ0v) is 14.9. The number of fused-ring (bicyclic) bond motifs is 1. The number of ether oxygens (including phenoxy) is 1. The van der Waals surface area contributed by atoms with Crippen LogP contribution in [0.1, 0.15) is 6.42 Å². The molecule has 0 spiro atoms. The summed E-state index contributed by atoms with van der Waals surface area (Å²) >= 11 is 7.62. The molecule has 1 saturated heterocycles. The van der Waals surface area contributed by atoms with Crippen LogP contribution < -0.4 is 15.0 Å². The molecule has 5 nitrogen and oxygen atoms in total. The normalized spacial score (nSPS) is 19.2. The number of thioether (sulfide) groups is 1. The number of para-hydroxylation sites is 1. The quantitative estimate of drug-likeness (QED) is 0.816. The Labute approximate surface area is 154 Å². The molecule has 126 valence electrons. The molecule has 2 N–H and O–H groups in total. The third-order valence-electron chi connectivity index (χ3n) is 4.09. The monoisotopic (exact) mass is 371 g/mol. The van der Waals surface area contributed by atoms with Crippen LogP contribution in [0.15, 0.2) is 58.0 Å². The predicted molar refractivity (Wildman–Crippen MR) is 101 cm³/mol. The standard InChI is InChI=1S/C18H14ClN3O2S/c1-24-14-7-6-10(19)8-13(14)22-16(23)9-11(17(22)20)18-21-12-4-2-3-5-15(12)25-18/h2-8,20-21H,9H2,1H3. The lowest BCUT2D eigenvalue weighted by Gasteiger charge is -2.19. The number of hydrogen-bond donors (Lipinski definition) is 2. The van der Waals surface area contributed by atoms with Crippen molar-refractivity contribution in [2.45, 2.75) is 11.3 Å². The molecule has 0 bridgehead atoms. The maximum Gasteiger partial charge on any atom is 0.237 e. The lowest BCUT2D eigenvalue weighted by atomic mass is 10.2. The summed E-state index contributed by atoms with van der Waals surface area (Å²) in [6, 6.07) is 12.9. The molecule has 2 heterocycles. The van der Waals surface area contributed by atoms with Gasteiger partial charge in [-0.3, -0.25) is 15.1 Å². The van der Waals surface area contributed by atoms with Crippen LogP contribution >= 0.6 is 23.4 Å². The van der Waals surface area contributed by atoms with E-state index in [4.69, 9.17) is 21.7 Å². The molecule has 2 aliphatic rings. The highest BCUT2D eigenvalue weighted by atomic mass is 35.5. The van der Waals surface area contributed by atoms with E-state index in [0.29, 0.717) is 22.0 Å². The first-order chi connectivity index (χ1) is 12.1. The van der Waals surface area contributed by atoms with Gasteiger partial charge in [0.2, 0.25) is 5.91 Å². The van der Waals surface area contributed by atoms with Gasteiger partial charge in [-0.15, -0.1) is 0 Å². The molecule has 0 radical (unpaired) electrons. The van der Waals surface area contributed by atoms with Crippen LogP contribution in [0.3, 0.4) is 0 Å². The van der Waals surface area contributed by atoms with E-state index in [0.717, 1.165) is 15.6 Å². The van der Waals surface area contributed by atoms with Gasteiger partial charge < -0.3 is 10.1 Å². The first kappa shape index (κ1) is 16.1. The van der Waals surface area contributed by atoms with Crippen molar-refractivity contribution in [1.82, 2.24) is 0 Å². The average Bonchev–Trinajstić information content (AvgIpc) is 3.15. The fourth-order valence-electron chi connectivity index (χ4n) is 2.91. The van der Waals surface area contributed by atoms with Gasteiger partial charge in [0.25, 0.3) is 0 Å². The molecule has 1 fully saturated rings. The van der Waals surface area contributed by atoms with Gasteiger partial charge in [-0.05, 0) is 30.3 Å². The lowest BCUT2D eigenvalue weighted by Crippen LogP contribution is -2.29. The number of hydrogen-bond acceptors (Lipinski definition) is 5. The highest BCUT2D eigenvalue weighted by Gasteiger charge is 2.37. The maximum absolute atomic E-state index is 12.6. The van der Waals surface area contributed by atoms with Crippen LogP contribution in [0.2, 0.25) is 5.02 Å². The number of carbonyl (C=O) groups is 1. The summed E-state index contributed by atoms with van der Waals surface area (Å²) in [6.45, 7) is 0. The number of anilines is 2. The highest BCUT2D eigenvalue weighted by Crippen LogP contribution is 2.45. The van der Waals surface area contributed by atoms with Crippen molar-refractivity contribution in [3.8, 4) is 5.75 Å². The molecule has 0 aromatic heterocycles. The molecule has 0 unspecified atom stereocenters. The summed E-state index contributed by atoms with van der Waals surface area (Å²) in [5.41, 5.74) is 2.16. The summed E-state index contributed by atoms with van der Waals surface area (Å²) in [4.78, 5) is 15.1. The summed E-state index contributed by atoms with van der Waals surface area (Å²) in [6.07, 6.45) is 0.165. The second-order valence-electron chi connectivity index (χ2n) is 5.60. The number of methoxy groups -OCH3 is 1. The van der Waals surface area contributed by atoms with Crippen molar-refractivity contribution in [2.24, 2.45) is 0 Å². The van der Waals surface area contributed by atoms with Gasteiger partial charge in [0, 0.05) is 15.5 Å². The van der Waals surface area contributed by atoms with Crippen molar-refractivity contribution in [3.63, 3.8) is 0 Å². The van der Waals surface area contributed by atoms with Crippen molar-refractivity contribution in [2.75, 3.05) is 17.3 Å². The Hall–Kier alpha value is -2.44. The summed E-state index contributed by atoms with van der Waals surface area (Å²) in [5.74, 6) is 0.476. The Kier molecular flexibility index (Phi) is 3.94. The fraction of sp³-hybridized carbons (Fsp3) is 0.111. The maximum atomic E-state index is 12.6. The zero-order valence-electron chi connectivity index (χ0n) is 13.3. The van der Waals surface area contributed by atoms with Crippen LogP contribution in [-0.4, -0.2) is 18.9 Å². The van der Waals surface area contributed by atoms with E-state index < -0.39 is 0 Å². The SMILES string of the molecule is COc1ccc(Cl)cc1N1C(=N)C(=C2Nc3ccccc3S2)CC1=O. The van der Waals surface area contributed by atoms with Crippen molar-refractivity contribution in [1.29, 1.82) is 5.41 Å². The summed E-state index contributed by atoms with van der Waals surface area (Å²) in [5, 5.41) is 13.2. The van der Waals surface area contributed by atoms with E-state index in [1.807, 2.05) is 24.3 Å². The number of halogens is 1. The van der Waals surface area contributed by atoms with Crippen LogP contribution in [-0.2, 0) is 4.79 Å². The van der Waals surface area contributed by atoms with Gasteiger partial charge in [0.1, 0.15) is 11.6 Å². The van der Waals surface area contributed by atoms with Crippen LogP contribution in [0, 0.1) is 5.41 Å². The Morgan fingerprint density at radius 2 is 2.08 bits per heavy atom. The molecule has 0 aliphatic carbocycles. The Morgan fingerprint density at radius 3 is 2.84 bits per heavy atom. The highest BCUT2D eigenvalue weighted by molar-refractivity contribution is 8.03. The van der Waals surface area contributed by atoms with Crippen LogP contribution in [0.25, 0.3) is 0 Å². The van der Waals surface area contributed by atoms with E-state index in [1.165, 1.54) is 12.0 Å². The van der Waals surface area contributed by atoms with E-state index in [1.54, 1.807) is 30.0 Å². The first-order valence-electron chi connectivity index (χ1n) is 7.61. The Balaban J connectivity index is 1.73. The summed E-state index contributed by atoms with van der Waals surface area (Å²) in [7, 11) is 1.53. The smallest absolute Gasteiger partial charge is 0.237 e. The average molecular weight is 372 g/mol. The topological polar surface area (TPSA) is 65.4 Å². The fourth-order valence-corrected chi connectivity index (χ4v) is 4.12. The zero-order chi connectivity index (χ0) is 17.6. The number of nitrogens with one attached hydrogen (secondary N) is 2. The van der Waals surface area contributed by atoms with E-state index in [9.17, 15) is 4.79 Å². The molecule has 2 aliphatic heterocycles. The third kappa shape index (κ3) is 2.67. The Bertz CT molecular complexity index is 915. The predicted octanol–water partition coefficient (Wildman–Crippen LogP) is 4.49. The van der Waals surface area contributed by atoms with Crippen molar-refractivity contribution in [3.05, 3.63) is 58.1 Å². The minimum Gasteiger partial charge on any atom is -0.495 e. The third-order valence-corrected chi connectivity index (χ3v) is 5.45. The van der Waals surface area contributed by atoms with Gasteiger partial charge in [0.15, 0.2) is 0 Å². The molecular weight excluding hydrogens is 358 g/mol. The molecule has 0 saturated carbocycles. The van der Waals surface area contributed by atoms with E-state index >= 15 is 0 Å². The summed E-state index contributed by atoms with van der Waals surface area (Å²) < 4.78 is 5.33. The lowest BCUT2D eigenvalue weighted by molar-refractivity contribution is -0.116. The Morgan fingerprint density at radius 1 is 1.28 bits per heavy atom. The van der Waals surface area contributed by atoms with Gasteiger partial charge in [-0.1, -0.05) is 35.5 Å². The van der Waals surface area contributed by atoms with Gasteiger partial charge in [-0.25, -0.2) is 0 Å². The second kappa shape index (κ2) is 6.13. The minimum atomic E-state index is -0.175. The van der Waals surface area contributed by atoms with Crippen molar-refractivity contribution >= 4 is 46.5 Å². The molecule has 1 amide bonds. The largest absolute Gasteiger partial charge is 0.495 e. The van der Waals surface area contributed by atoms with Gasteiger partial charge in [0.05, 0.1) is 29.9 Å². The number of carbonyl (C=O) groups excluding carboxylic acids is 1. The molecule has 2 aromatic carbocycles. The number of nitrogens with zero attached hydrogens (tertiary/aromatic N) is 1. The molecule has 7 heteroatoms.